The smallest absolute Gasteiger partial charge is 0.335 e. The van der Waals surface area contributed by atoms with Crippen molar-refractivity contribution in [3.8, 4) is 0 Å². The van der Waals surface area contributed by atoms with Crippen LogP contribution in [0, 0.1) is 0 Å². The number of hydrogen-bond acceptors (Lipinski definition) is 12. The van der Waals surface area contributed by atoms with E-state index in [4.69, 9.17) is 24.1 Å². The fourth-order valence-corrected chi connectivity index (χ4v) is 2.83. The predicted molar refractivity (Wildman–Crippen MR) is 79.3 cm³/mol. The summed E-state index contributed by atoms with van der Waals surface area (Å²) in [4.78, 5) is 33.9. The number of carbonyl (C=O) groups excluding carboxylic acids is 1. The van der Waals surface area contributed by atoms with Gasteiger partial charge in [-0.05, 0) is 0 Å². The predicted octanol–water partition coefficient (Wildman–Crippen LogP) is -4.64. The van der Waals surface area contributed by atoms with Gasteiger partial charge >= 0.3 is 17.9 Å². The molecule has 0 amide bonds. The SMILES string of the molecule is CC(=O)O[C@@H]1[C@@H](O)[C@H](O)O[C@H](C(=O)O)[C@@H]1O[C@H]1O[C@H](C(=O)O)[C@H](O)[C@H](O)[C@H]1O. The maximum Gasteiger partial charge on any atom is 0.335 e. The van der Waals surface area contributed by atoms with Gasteiger partial charge in [-0.25, -0.2) is 9.59 Å². The van der Waals surface area contributed by atoms with Crippen LogP contribution >= 0.6 is 0 Å². The lowest BCUT2D eigenvalue weighted by molar-refractivity contribution is -0.346. The molecule has 14 heteroatoms. The lowest BCUT2D eigenvalue weighted by Gasteiger charge is -2.44. The van der Waals surface area contributed by atoms with Crippen LogP contribution < -0.4 is 0 Å². The lowest BCUT2D eigenvalue weighted by atomic mass is 9.96. The molecule has 0 bridgehead atoms. The number of rotatable bonds is 5. The average Bonchev–Trinajstić information content (AvgIpc) is 2.60. The van der Waals surface area contributed by atoms with Gasteiger partial charge in [0.25, 0.3) is 0 Å². The Labute approximate surface area is 156 Å². The van der Waals surface area contributed by atoms with E-state index in [1.54, 1.807) is 0 Å². The molecule has 2 heterocycles. The number of aliphatic carboxylic acids is 2. The minimum atomic E-state index is -2.07. The molecule has 2 saturated heterocycles. The van der Waals surface area contributed by atoms with Crippen molar-refractivity contribution in [3.05, 3.63) is 0 Å². The quantitative estimate of drug-likeness (QED) is 0.211. The summed E-state index contributed by atoms with van der Waals surface area (Å²) in [6.45, 7) is 0.925. The highest BCUT2D eigenvalue weighted by molar-refractivity contribution is 5.74. The Morgan fingerprint density at radius 1 is 0.750 bits per heavy atom. The van der Waals surface area contributed by atoms with Crippen molar-refractivity contribution < 1.29 is 69.1 Å². The van der Waals surface area contributed by atoms with Crippen molar-refractivity contribution in [2.45, 2.75) is 68.3 Å². The van der Waals surface area contributed by atoms with Crippen molar-refractivity contribution in [3.63, 3.8) is 0 Å². The third kappa shape index (κ3) is 4.39. The van der Waals surface area contributed by atoms with E-state index in [0.717, 1.165) is 6.92 Å². The second-order valence-corrected chi connectivity index (χ2v) is 6.19. The van der Waals surface area contributed by atoms with E-state index < -0.39 is 79.3 Å². The van der Waals surface area contributed by atoms with E-state index in [1.807, 2.05) is 0 Å². The maximum atomic E-state index is 11.4. The molecule has 0 aromatic rings. The molecule has 0 aliphatic carbocycles. The van der Waals surface area contributed by atoms with Gasteiger partial charge in [-0.2, -0.15) is 0 Å². The van der Waals surface area contributed by atoms with E-state index in [9.17, 15) is 45.0 Å². The highest BCUT2D eigenvalue weighted by Gasteiger charge is 2.54. The lowest BCUT2D eigenvalue weighted by Crippen LogP contribution is -2.66. The first kappa shape index (κ1) is 22.4. The van der Waals surface area contributed by atoms with Gasteiger partial charge in [-0.15, -0.1) is 0 Å². The third-order valence-electron chi connectivity index (χ3n) is 4.19. The number of aliphatic hydroxyl groups excluding tert-OH is 5. The molecule has 2 aliphatic heterocycles. The summed E-state index contributed by atoms with van der Waals surface area (Å²) >= 11 is 0. The second-order valence-electron chi connectivity index (χ2n) is 6.19. The fraction of sp³-hybridized carbons (Fsp3) is 0.786. The van der Waals surface area contributed by atoms with E-state index in [0.29, 0.717) is 0 Å². The minimum absolute atomic E-state index is 0.925. The van der Waals surface area contributed by atoms with Crippen molar-refractivity contribution in [1.82, 2.24) is 0 Å². The topological polar surface area (TPSA) is 230 Å². The van der Waals surface area contributed by atoms with Crippen molar-refractivity contribution in [2.75, 3.05) is 0 Å². The highest BCUT2D eigenvalue weighted by atomic mass is 16.7. The van der Waals surface area contributed by atoms with E-state index in [2.05, 4.69) is 0 Å². The normalized spacial score (nSPS) is 43.9. The Bertz CT molecular complexity index is 609. The number of hydrogen-bond donors (Lipinski definition) is 7. The van der Waals surface area contributed by atoms with Crippen LogP contribution in [0.15, 0.2) is 0 Å². The molecule has 2 rings (SSSR count). The van der Waals surface area contributed by atoms with E-state index in [-0.39, 0.29) is 0 Å². The van der Waals surface area contributed by atoms with Crippen LogP contribution in [0.3, 0.4) is 0 Å². The first-order valence-electron chi connectivity index (χ1n) is 7.95. The Balaban J connectivity index is 2.32. The maximum absolute atomic E-state index is 11.4. The monoisotopic (exact) mass is 412 g/mol. The number of aliphatic hydroxyl groups is 5. The Morgan fingerprint density at radius 2 is 1.32 bits per heavy atom. The molecular formula is C14H20O14. The molecule has 0 aromatic heterocycles. The summed E-state index contributed by atoms with van der Waals surface area (Å²) in [7, 11) is 0. The van der Waals surface area contributed by atoms with Crippen molar-refractivity contribution >= 4 is 17.9 Å². The van der Waals surface area contributed by atoms with E-state index in [1.165, 1.54) is 0 Å². The molecule has 14 nitrogen and oxygen atoms in total. The van der Waals surface area contributed by atoms with Crippen molar-refractivity contribution in [2.24, 2.45) is 0 Å². The van der Waals surface area contributed by atoms with Gasteiger partial charge in [0.2, 0.25) is 0 Å². The number of ether oxygens (including phenoxy) is 4. The zero-order chi connectivity index (χ0) is 21.3. The van der Waals surface area contributed by atoms with Crippen LogP contribution in [-0.4, -0.2) is 115 Å². The van der Waals surface area contributed by atoms with Gasteiger partial charge < -0.3 is 54.7 Å². The number of carbonyl (C=O) groups is 3. The molecule has 0 unspecified atom stereocenters. The zero-order valence-electron chi connectivity index (χ0n) is 14.3. The molecule has 2 aliphatic rings. The summed E-state index contributed by atoms with van der Waals surface area (Å²) in [5, 5.41) is 67.4. The number of esters is 1. The Kier molecular flexibility index (Phi) is 6.89. The van der Waals surface area contributed by atoms with Crippen LogP contribution in [0.5, 0.6) is 0 Å². The van der Waals surface area contributed by atoms with Gasteiger partial charge in [0.05, 0.1) is 0 Å². The third-order valence-corrected chi connectivity index (χ3v) is 4.19. The molecule has 0 aromatic carbocycles. The van der Waals surface area contributed by atoms with Crippen LogP contribution in [0.4, 0.5) is 0 Å². The largest absolute Gasteiger partial charge is 0.479 e. The first-order chi connectivity index (χ1) is 13.0. The van der Waals surface area contributed by atoms with Gasteiger partial charge in [-0.1, -0.05) is 0 Å². The van der Waals surface area contributed by atoms with Crippen LogP contribution in [0.2, 0.25) is 0 Å². The first-order valence-corrected chi connectivity index (χ1v) is 7.95. The molecule has 28 heavy (non-hydrogen) atoms. The number of carboxylic acids is 2. The fourth-order valence-electron chi connectivity index (χ4n) is 2.83. The summed E-state index contributed by atoms with van der Waals surface area (Å²) in [6, 6.07) is 0. The van der Waals surface area contributed by atoms with E-state index >= 15 is 0 Å². The van der Waals surface area contributed by atoms with Crippen molar-refractivity contribution in [1.29, 1.82) is 0 Å². The van der Waals surface area contributed by atoms with Gasteiger partial charge in [0.15, 0.2) is 30.9 Å². The minimum Gasteiger partial charge on any atom is -0.479 e. The summed E-state index contributed by atoms with van der Waals surface area (Å²) < 4.78 is 19.6. The molecule has 10 atom stereocenters. The van der Waals surface area contributed by atoms with Crippen LogP contribution in [0.25, 0.3) is 0 Å². The Morgan fingerprint density at radius 3 is 1.82 bits per heavy atom. The second kappa shape index (κ2) is 8.62. The summed E-state index contributed by atoms with van der Waals surface area (Å²) in [5.74, 6) is -4.41. The molecule has 0 spiro atoms. The zero-order valence-corrected chi connectivity index (χ0v) is 14.3. The molecule has 0 radical (unpaired) electrons. The Hall–Kier alpha value is -1.91. The highest BCUT2D eigenvalue weighted by Crippen LogP contribution is 2.30. The van der Waals surface area contributed by atoms with Crippen LogP contribution in [0.1, 0.15) is 6.92 Å². The molecule has 160 valence electrons. The molecule has 0 saturated carbocycles. The number of carboxylic acid groups (broad SMARTS) is 2. The van der Waals surface area contributed by atoms with Gasteiger partial charge in [0.1, 0.15) is 30.5 Å². The molecule has 2 fully saturated rings. The standard InChI is InChI=1S/C14H20O14/c1-2(15)25-7-6(19)13(24)26-10(12(22)23)9(7)28-14-5(18)3(16)4(17)8(27-14)11(20)21/h3-10,13-14,16-19,24H,1H3,(H,20,21)(H,22,23)/t3-,4+,5+,6+,7+,8-,9+,10-,13+,14+/m0/s1. The average molecular weight is 412 g/mol. The summed E-state index contributed by atoms with van der Waals surface area (Å²) in [5.41, 5.74) is 0. The molecular weight excluding hydrogens is 392 g/mol. The molecule has 7 N–H and O–H groups in total. The summed E-state index contributed by atoms with van der Waals surface area (Å²) in [6.07, 6.45) is -19.9. The van der Waals surface area contributed by atoms with Gasteiger partial charge in [0, 0.05) is 6.92 Å². The van der Waals surface area contributed by atoms with Crippen LogP contribution in [-0.2, 0) is 33.3 Å². The van der Waals surface area contributed by atoms with Gasteiger partial charge in [-0.3, -0.25) is 4.79 Å².